The molecule has 0 saturated carbocycles. The van der Waals surface area contributed by atoms with E-state index in [0.717, 1.165) is 16.9 Å². The smallest absolute Gasteiger partial charge is 0.257 e. The van der Waals surface area contributed by atoms with Gasteiger partial charge >= 0.3 is 0 Å². The van der Waals surface area contributed by atoms with Gasteiger partial charge in [0.15, 0.2) is 5.13 Å². The number of carbonyl (C=O) groups is 1. The van der Waals surface area contributed by atoms with E-state index < -0.39 is 21.7 Å². The van der Waals surface area contributed by atoms with Gasteiger partial charge in [0.1, 0.15) is 11.3 Å². The minimum absolute atomic E-state index is 0.103. The van der Waals surface area contributed by atoms with E-state index in [-0.39, 0.29) is 33.7 Å². The number of hydrogen-bond donors (Lipinski definition) is 1. The summed E-state index contributed by atoms with van der Waals surface area (Å²) in [6, 6.07) is 19.5. The Labute approximate surface area is 195 Å². The number of hydrogen-bond acceptors (Lipinski definition) is 5. The van der Waals surface area contributed by atoms with Gasteiger partial charge in [-0.3, -0.25) is 10.1 Å². The molecule has 0 fully saturated rings. The summed E-state index contributed by atoms with van der Waals surface area (Å²) in [4.78, 5) is 16.9. The Morgan fingerprint density at radius 2 is 1.73 bits per heavy atom. The Balaban J connectivity index is 1.53. The summed E-state index contributed by atoms with van der Waals surface area (Å²) in [6.07, 6.45) is 0. The zero-order valence-electron chi connectivity index (χ0n) is 18.0. The molecular formula is C24H22FN3O3S2. The summed E-state index contributed by atoms with van der Waals surface area (Å²) in [5.74, 6) is -0.910. The quantitative estimate of drug-likeness (QED) is 0.388. The topological polar surface area (TPSA) is 79.4 Å². The largest absolute Gasteiger partial charge is 0.298 e. The molecule has 4 aromatic rings. The van der Waals surface area contributed by atoms with Crippen molar-refractivity contribution < 1.29 is 17.6 Å². The standard InChI is InChI=1S/C24H22FN3O3S2/c1-16(2)28(15-17-7-4-3-5-8-17)33(30,31)19-13-11-18(12-14-19)23(29)27-24-26-22-20(25)9-6-10-21(22)32-24/h3-14,16H,15H2,1-2H3,(H,26,27,29). The molecular weight excluding hydrogens is 461 g/mol. The highest BCUT2D eigenvalue weighted by molar-refractivity contribution is 7.89. The normalized spacial score (nSPS) is 11.9. The summed E-state index contributed by atoms with van der Waals surface area (Å²) in [7, 11) is -3.77. The summed E-state index contributed by atoms with van der Waals surface area (Å²) in [5, 5.41) is 2.92. The molecule has 0 aliphatic heterocycles. The lowest BCUT2D eigenvalue weighted by atomic mass is 10.2. The SMILES string of the molecule is CC(C)N(Cc1ccccc1)S(=O)(=O)c1ccc(C(=O)Nc2nc3c(F)cccc3s2)cc1. The average Bonchev–Trinajstić information content (AvgIpc) is 3.22. The van der Waals surface area contributed by atoms with Gasteiger partial charge in [-0.1, -0.05) is 47.7 Å². The highest BCUT2D eigenvalue weighted by atomic mass is 32.2. The van der Waals surface area contributed by atoms with Crippen molar-refractivity contribution in [3.05, 3.63) is 89.7 Å². The molecule has 3 aromatic carbocycles. The Bertz CT molecular complexity index is 1390. The maximum absolute atomic E-state index is 13.8. The molecule has 4 rings (SSSR count). The van der Waals surface area contributed by atoms with Gasteiger partial charge in [0, 0.05) is 18.2 Å². The molecule has 1 aromatic heterocycles. The Morgan fingerprint density at radius 3 is 2.36 bits per heavy atom. The third-order valence-electron chi connectivity index (χ3n) is 5.07. The number of halogens is 1. The van der Waals surface area contributed by atoms with E-state index in [1.165, 1.54) is 34.6 Å². The van der Waals surface area contributed by atoms with E-state index in [0.29, 0.717) is 4.70 Å². The van der Waals surface area contributed by atoms with E-state index in [2.05, 4.69) is 10.3 Å². The fourth-order valence-electron chi connectivity index (χ4n) is 3.36. The number of benzene rings is 3. The van der Waals surface area contributed by atoms with Crippen LogP contribution in [-0.2, 0) is 16.6 Å². The first-order valence-electron chi connectivity index (χ1n) is 10.3. The zero-order valence-corrected chi connectivity index (χ0v) is 19.7. The minimum Gasteiger partial charge on any atom is -0.298 e. The molecule has 33 heavy (non-hydrogen) atoms. The van der Waals surface area contributed by atoms with Crippen LogP contribution in [0.1, 0.15) is 29.8 Å². The summed E-state index contributed by atoms with van der Waals surface area (Å²) in [5.41, 5.74) is 1.36. The number of anilines is 1. The van der Waals surface area contributed by atoms with Gasteiger partial charge < -0.3 is 0 Å². The highest BCUT2D eigenvalue weighted by Gasteiger charge is 2.27. The Kier molecular flexibility index (Phi) is 6.55. The fraction of sp³-hybridized carbons (Fsp3) is 0.167. The van der Waals surface area contributed by atoms with Gasteiger partial charge in [-0.05, 0) is 55.8 Å². The first kappa shape index (κ1) is 23.0. The van der Waals surface area contributed by atoms with Crippen LogP contribution in [-0.4, -0.2) is 29.7 Å². The van der Waals surface area contributed by atoms with Gasteiger partial charge in [-0.15, -0.1) is 0 Å². The predicted molar refractivity (Wildman–Crippen MR) is 128 cm³/mol. The third kappa shape index (κ3) is 4.95. The van der Waals surface area contributed by atoms with Crippen LogP contribution in [0.4, 0.5) is 9.52 Å². The second-order valence-electron chi connectivity index (χ2n) is 7.71. The van der Waals surface area contributed by atoms with Crippen molar-refractivity contribution >= 4 is 42.6 Å². The number of rotatable bonds is 7. The first-order valence-corrected chi connectivity index (χ1v) is 12.5. The monoisotopic (exact) mass is 483 g/mol. The molecule has 1 heterocycles. The molecule has 0 radical (unpaired) electrons. The number of thiazole rings is 1. The van der Waals surface area contributed by atoms with E-state index in [1.54, 1.807) is 12.1 Å². The lowest BCUT2D eigenvalue weighted by Gasteiger charge is -2.26. The number of nitrogens with zero attached hydrogens (tertiary/aromatic N) is 2. The van der Waals surface area contributed by atoms with Crippen LogP contribution in [0.2, 0.25) is 0 Å². The minimum atomic E-state index is -3.77. The number of sulfonamides is 1. The summed E-state index contributed by atoms with van der Waals surface area (Å²) in [6.45, 7) is 3.89. The molecule has 170 valence electrons. The van der Waals surface area contributed by atoms with Crippen molar-refractivity contribution in [1.82, 2.24) is 9.29 Å². The van der Waals surface area contributed by atoms with Crippen LogP contribution in [0.25, 0.3) is 10.2 Å². The molecule has 0 aliphatic rings. The third-order valence-corrected chi connectivity index (χ3v) is 8.04. The Hall–Kier alpha value is -3.14. The number of amides is 1. The maximum Gasteiger partial charge on any atom is 0.257 e. The van der Waals surface area contributed by atoms with Gasteiger partial charge in [-0.2, -0.15) is 4.31 Å². The van der Waals surface area contributed by atoms with Crippen molar-refractivity contribution in [2.75, 3.05) is 5.32 Å². The van der Waals surface area contributed by atoms with E-state index in [1.807, 2.05) is 44.2 Å². The molecule has 6 nitrogen and oxygen atoms in total. The molecule has 0 saturated heterocycles. The highest BCUT2D eigenvalue weighted by Crippen LogP contribution is 2.28. The number of para-hydroxylation sites is 1. The molecule has 0 spiro atoms. The van der Waals surface area contributed by atoms with Crippen molar-refractivity contribution in [2.24, 2.45) is 0 Å². The summed E-state index contributed by atoms with van der Waals surface area (Å²) >= 11 is 1.16. The van der Waals surface area contributed by atoms with Crippen LogP contribution < -0.4 is 5.32 Å². The van der Waals surface area contributed by atoms with Crippen LogP contribution in [0.5, 0.6) is 0 Å². The van der Waals surface area contributed by atoms with Crippen LogP contribution in [0.3, 0.4) is 0 Å². The first-order chi connectivity index (χ1) is 15.8. The molecule has 1 amide bonds. The molecule has 0 atom stereocenters. The number of aromatic nitrogens is 1. The zero-order chi connectivity index (χ0) is 23.6. The van der Waals surface area contributed by atoms with Crippen LogP contribution in [0.15, 0.2) is 77.7 Å². The van der Waals surface area contributed by atoms with Crippen molar-refractivity contribution in [2.45, 2.75) is 31.3 Å². The number of carbonyl (C=O) groups excluding carboxylic acids is 1. The molecule has 1 N–H and O–H groups in total. The van der Waals surface area contributed by atoms with Crippen molar-refractivity contribution in [3.8, 4) is 0 Å². The fourth-order valence-corrected chi connectivity index (χ4v) is 5.86. The predicted octanol–water partition coefficient (Wildman–Crippen LogP) is 5.29. The molecule has 0 bridgehead atoms. The number of fused-ring (bicyclic) bond motifs is 1. The lowest BCUT2D eigenvalue weighted by Crippen LogP contribution is -2.36. The summed E-state index contributed by atoms with van der Waals surface area (Å²) < 4.78 is 42.4. The van der Waals surface area contributed by atoms with Gasteiger partial charge in [-0.25, -0.2) is 17.8 Å². The van der Waals surface area contributed by atoms with Crippen molar-refractivity contribution in [3.63, 3.8) is 0 Å². The van der Waals surface area contributed by atoms with Crippen molar-refractivity contribution in [1.29, 1.82) is 0 Å². The average molecular weight is 484 g/mol. The number of nitrogens with one attached hydrogen (secondary N) is 1. The van der Waals surface area contributed by atoms with Crippen LogP contribution in [0, 0.1) is 5.82 Å². The second kappa shape index (κ2) is 9.38. The molecule has 0 aliphatic carbocycles. The Morgan fingerprint density at radius 1 is 1.03 bits per heavy atom. The van der Waals surface area contributed by atoms with E-state index >= 15 is 0 Å². The van der Waals surface area contributed by atoms with Gasteiger partial charge in [0.05, 0.1) is 9.60 Å². The van der Waals surface area contributed by atoms with Gasteiger partial charge in [0.2, 0.25) is 10.0 Å². The molecule has 9 heteroatoms. The second-order valence-corrected chi connectivity index (χ2v) is 10.6. The molecule has 0 unspecified atom stereocenters. The maximum atomic E-state index is 13.8. The van der Waals surface area contributed by atoms with Gasteiger partial charge in [0.25, 0.3) is 5.91 Å². The van der Waals surface area contributed by atoms with Crippen LogP contribution >= 0.6 is 11.3 Å². The lowest BCUT2D eigenvalue weighted by molar-refractivity contribution is 0.102. The van der Waals surface area contributed by atoms with E-state index in [4.69, 9.17) is 0 Å². The van der Waals surface area contributed by atoms with E-state index in [9.17, 15) is 17.6 Å².